The fourth-order valence-corrected chi connectivity index (χ4v) is 3.02. The first-order valence-electron chi connectivity index (χ1n) is 7.91. The van der Waals surface area contributed by atoms with E-state index in [9.17, 15) is 4.79 Å². The Labute approximate surface area is 141 Å². The highest BCUT2D eigenvalue weighted by atomic mass is 35.5. The molecule has 0 radical (unpaired) electrons. The minimum absolute atomic E-state index is 0.160. The lowest BCUT2D eigenvalue weighted by molar-refractivity contribution is -0.132. The van der Waals surface area contributed by atoms with Gasteiger partial charge in [-0.2, -0.15) is 0 Å². The van der Waals surface area contributed by atoms with Gasteiger partial charge >= 0.3 is 0 Å². The molecule has 1 aromatic heterocycles. The van der Waals surface area contributed by atoms with Crippen LogP contribution in [0.3, 0.4) is 0 Å². The van der Waals surface area contributed by atoms with Crippen molar-refractivity contribution in [3.8, 4) is 0 Å². The Hall–Kier alpha value is -1.85. The van der Waals surface area contributed by atoms with Gasteiger partial charge in [0.25, 0.3) is 0 Å². The summed E-state index contributed by atoms with van der Waals surface area (Å²) in [6.45, 7) is 5.34. The standard InChI is InChI=1S/C17H21ClN4O/c18-16-4-2-1-3-15(16)13-17(23)22-11-9-20(10-12-22)7-8-21-6-5-19-14-21/h1-6,14H,7-13H2. The Morgan fingerprint density at radius 3 is 2.61 bits per heavy atom. The van der Waals surface area contributed by atoms with Gasteiger partial charge in [-0.15, -0.1) is 0 Å². The fourth-order valence-electron chi connectivity index (χ4n) is 2.81. The molecule has 1 amide bonds. The minimum Gasteiger partial charge on any atom is -0.340 e. The van der Waals surface area contributed by atoms with E-state index < -0.39 is 0 Å². The first-order valence-corrected chi connectivity index (χ1v) is 8.29. The average molecular weight is 333 g/mol. The van der Waals surface area contributed by atoms with Gasteiger partial charge in [0.15, 0.2) is 0 Å². The molecule has 1 aliphatic rings. The molecule has 122 valence electrons. The molecule has 0 aliphatic carbocycles. The molecule has 0 saturated carbocycles. The second-order valence-corrected chi connectivity index (χ2v) is 6.20. The van der Waals surface area contributed by atoms with Crippen LogP contribution in [-0.2, 0) is 17.8 Å². The molecule has 0 bridgehead atoms. The number of rotatable bonds is 5. The molecule has 1 fully saturated rings. The highest BCUT2D eigenvalue weighted by Crippen LogP contribution is 2.16. The van der Waals surface area contributed by atoms with E-state index in [1.807, 2.05) is 41.7 Å². The van der Waals surface area contributed by atoms with Crippen LogP contribution in [0.4, 0.5) is 0 Å². The van der Waals surface area contributed by atoms with Crippen LogP contribution in [0, 0.1) is 0 Å². The maximum absolute atomic E-state index is 12.4. The molecule has 0 atom stereocenters. The van der Waals surface area contributed by atoms with E-state index in [0.29, 0.717) is 11.4 Å². The van der Waals surface area contributed by atoms with Gasteiger partial charge in [-0.1, -0.05) is 29.8 Å². The largest absolute Gasteiger partial charge is 0.340 e. The zero-order chi connectivity index (χ0) is 16.1. The number of halogens is 1. The maximum atomic E-state index is 12.4. The van der Waals surface area contributed by atoms with E-state index in [1.165, 1.54) is 0 Å². The Morgan fingerprint density at radius 1 is 1.13 bits per heavy atom. The van der Waals surface area contributed by atoms with Gasteiger partial charge in [0.1, 0.15) is 0 Å². The number of benzene rings is 1. The monoisotopic (exact) mass is 332 g/mol. The van der Waals surface area contributed by atoms with Gasteiger partial charge in [-0.3, -0.25) is 9.69 Å². The van der Waals surface area contributed by atoms with Gasteiger partial charge < -0.3 is 9.47 Å². The van der Waals surface area contributed by atoms with Crippen molar-refractivity contribution in [2.75, 3.05) is 32.7 Å². The Balaban J connectivity index is 1.45. The summed E-state index contributed by atoms with van der Waals surface area (Å²) >= 11 is 6.13. The molecule has 0 N–H and O–H groups in total. The molecule has 23 heavy (non-hydrogen) atoms. The van der Waals surface area contributed by atoms with Crippen LogP contribution in [0.2, 0.25) is 5.02 Å². The predicted octanol–water partition coefficient (Wildman–Crippen LogP) is 1.92. The van der Waals surface area contributed by atoms with Crippen LogP contribution >= 0.6 is 11.6 Å². The summed E-state index contributed by atoms with van der Waals surface area (Å²) in [4.78, 5) is 20.8. The molecule has 2 aromatic rings. The molecule has 0 unspecified atom stereocenters. The third kappa shape index (κ3) is 4.33. The Kier molecular flexibility index (Phi) is 5.31. The van der Waals surface area contributed by atoms with E-state index in [-0.39, 0.29) is 5.91 Å². The van der Waals surface area contributed by atoms with Gasteiger partial charge in [0.05, 0.1) is 12.7 Å². The first-order chi connectivity index (χ1) is 11.2. The van der Waals surface area contributed by atoms with E-state index in [4.69, 9.17) is 11.6 Å². The number of nitrogens with zero attached hydrogens (tertiary/aromatic N) is 4. The molecule has 1 saturated heterocycles. The lowest BCUT2D eigenvalue weighted by Crippen LogP contribution is -2.49. The molecular weight excluding hydrogens is 312 g/mol. The third-order valence-electron chi connectivity index (χ3n) is 4.26. The quantitative estimate of drug-likeness (QED) is 0.840. The predicted molar refractivity (Wildman–Crippen MR) is 90.4 cm³/mol. The van der Waals surface area contributed by atoms with Crippen molar-refractivity contribution >= 4 is 17.5 Å². The summed E-state index contributed by atoms with van der Waals surface area (Å²) in [5.74, 6) is 0.160. The maximum Gasteiger partial charge on any atom is 0.227 e. The molecular formula is C17H21ClN4O. The van der Waals surface area contributed by atoms with Crippen LogP contribution in [0.1, 0.15) is 5.56 Å². The van der Waals surface area contributed by atoms with E-state index in [2.05, 4.69) is 14.5 Å². The van der Waals surface area contributed by atoms with Crippen molar-refractivity contribution in [1.29, 1.82) is 0 Å². The first kappa shape index (κ1) is 16.0. The fraction of sp³-hybridized carbons (Fsp3) is 0.412. The molecule has 0 spiro atoms. The molecule has 6 heteroatoms. The second-order valence-electron chi connectivity index (χ2n) is 5.79. The van der Waals surface area contributed by atoms with E-state index in [0.717, 1.165) is 44.8 Å². The van der Waals surface area contributed by atoms with Crippen molar-refractivity contribution in [2.45, 2.75) is 13.0 Å². The zero-order valence-electron chi connectivity index (χ0n) is 13.1. The smallest absolute Gasteiger partial charge is 0.227 e. The number of carbonyl (C=O) groups is 1. The Bertz CT molecular complexity index is 636. The van der Waals surface area contributed by atoms with Gasteiger partial charge in [-0.05, 0) is 11.6 Å². The van der Waals surface area contributed by atoms with Crippen LogP contribution < -0.4 is 0 Å². The number of amides is 1. The summed E-state index contributed by atoms with van der Waals surface area (Å²) in [7, 11) is 0. The SMILES string of the molecule is O=C(Cc1ccccc1Cl)N1CCN(CCn2ccnc2)CC1. The van der Waals surface area contributed by atoms with Crippen molar-refractivity contribution < 1.29 is 4.79 Å². The molecule has 2 heterocycles. The lowest BCUT2D eigenvalue weighted by Gasteiger charge is -2.34. The molecule has 3 rings (SSSR count). The highest BCUT2D eigenvalue weighted by Gasteiger charge is 2.21. The van der Waals surface area contributed by atoms with Crippen molar-refractivity contribution in [1.82, 2.24) is 19.4 Å². The van der Waals surface area contributed by atoms with Gasteiger partial charge in [0, 0.05) is 56.7 Å². The summed E-state index contributed by atoms with van der Waals surface area (Å²) in [6.07, 6.45) is 5.99. The van der Waals surface area contributed by atoms with Crippen LogP contribution in [-0.4, -0.2) is 58.0 Å². The van der Waals surface area contributed by atoms with Crippen LogP contribution in [0.25, 0.3) is 0 Å². The summed E-state index contributed by atoms with van der Waals surface area (Å²) in [5.41, 5.74) is 0.904. The average Bonchev–Trinajstić information content (AvgIpc) is 3.09. The Morgan fingerprint density at radius 2 is 1.91 bits per heavy atom. The summed E-state index contributed by atoms with van der Waals surface area (Å²) < 4.78 is 2.08. The number of imidazole rings is 1. The molecule has 5 nitrogen and oxygen atoms in total. The van der Waals surface area contributed by atoms with Crippen molar-refractivity contribution in [3.05, 3.63) is 53.6 Å². The van der Waals surface area contributed by atoms with E-state index in [1.54, 1.807) is 6.20 Å². The summed E-state index contributed by atoms with van der Waals surface area (Å²) in [5, 5.41) is 0.666. The highest BCUT2D eigenvalue weighted by molar-refractivity contribution is 6.31. The third-order valence-corrected chi connectivity index (χ3v) is 4.63. The number of aromatic nitrogens is 2. The topological polar surface area (TPSA) is 41.4 Å². The van der Waals surface area contributed by atoms with Crippen LogP contribution in [0.15, 0.2) is 43.0 Å². The van der Waals surface area contributed by atoms with Crippen molar-refractivity contribution in [3.63, 3.8) is 0 Å². The summed E-state index contributed by atoms with van der Waals surface area (Å²) in [6, 6.07) is 7.55. The second kappa shape index (κ2) is 7.62. The lowest BCUT2D eigenvalue weighted by atomic mass is 10.1. The molecule has 1 aromatic carbocycles. The normalized spacial score (nSPS) is 15.8. The number of hydrogen-bond donors (Lipinski definition) is 0. The van der Waals surface area contributed by atoms with Gasteiger partial charge in [0.2, 0.25) is 5.91 Å². The zero-order valence-corrected chi connectivity index (χ0v) is 13.8. The van der Waals surface area contributed by atoms with E-state index >= 15 is 0 Å². The number of hydrogen-bond acceptors (Lipinski definition) is 3. The van der Waals surface area contributed by atoms with Crippen LogP contribution in [0.5, 0.6) is 0 Å². The van der Waals surface area contributed by atoms with Gasteiger partial charge in [-0.25, -0.2) is 4.98 Å². The van der Waals surface area contributed by atoms with Crippen molar-refractivity contribution in [2.24, 2.45) is 0 Å². The number of carbonyl (C=O) groups excluding carboxylic acids is 1. The molecule has 1 aliphatic heterocycles. The minimum atomic E-state index is 0.160. The number of piperazine rings is 1.